The van der Waals surface area contributed by atoms with Crippen LogP contribution in [0.4, 0.5) is 11.4 Å². The van der Waals surface area contributed by atoms with Gasteiger partial charge in [-0.05, 0) is 79.7 Å². The van der Waals surface area contributed by atoms with E-state index in [9.17, 15) is 0 Å². The van der Waals surface area contributed by atoms with Gasteiger partial charge in [0.25, 0.3) is 0 Å². The first kappa shape index (κ1) is 21.9. The van der Waals surface area contributed by atoms with Gasteiger partial charge in [-0.15, -0.1) is 0 Å². The van der Waals surface area contributed by atoms with E-state index in [2.05, 4.69) is 117 Å². The molecule has 3 aromatic rings. The van der Waals surface area contributed by atoms with Crippen LogP contribution >= 0.6 is 0 Å². The third-order valence-corrected chi connectivity index (χ3v) is 4.41. The summed E-state index contributed by atoms with van der Waals surface area (Å²) in [4.78, 5) is 13.1. The van der Waals surface area contributed by atoms with Crippen LogP contribution in [0.25, 0.3) is 0 Å². The van der Waals surface area contributed by atoms with Gasteiger partial charge >= 0.3 is 0 Å². The average Bonchev–Trinajstić information content (AvgIpc) is 2.69. The minimum atomic E-state index is -1.08. The molecule has 4 heteroatoms. The maximum atomic E-state index is 8.89. The van der Waals surface area contributed by atoms with Crippen LogP contribution in [0.15, 0.2) is 78.9 Å². The number of carboxylic acids is 1. The number of hydrogen-bond donors (Lipinski definition) is 0. The zero-order valence-corrected chi connectivity index (χ0v) is 17.7. The fourth-order valence-corrected chi connectivity index (χ4v) is 2.96. The highest BCUT2D eigenvalue weighted by Gasteiger charge is 2.22. The number of benzene rings is 3. The van der Waals surface area contributed by atoms with E-state index in [1.54, 1.807) is 0 Å². The van der Waals surface area contributed by atoms with Gasteiger partial charge in [0, 0.05) is 45.5 Å². The molecule has 0 saturated heterocycles. The summed E-state index contributed by atoms with van der Waals surface area (Å²) in [5.41, 5.74) is 6.11. The third kappa shape index (κ3) is 6.32. The first-order chi connectivity index (χ1) is 13.8. The van der Waals surface area contributed by atoms with E-state index in [4.69, 9.17) is 9.90 Å². The number of anilines is 2. The zero-order valence-electron chi connectivity index (χ0n) is 17.7. The summed E-state index contributed by atoms with van der Waals surface area (Å²) in [6, 6.07) is 28.1. The highest BCUT2D eigenvalue weighted by atomic mass is 16.4. The van der Waals surface area contributed by atoms with Crippen molar-refractivity contribution in [3.05, 3.63) is 101 Å². The average molecular weight is 389 g/mol. The normalized spacial score (nSPS) is 9.83. The van der Waals surface area contributed by atoms with Crippen molar-refractivity contribution in [2.45, 2.75) is 6.92 Å². The second kappa shape index (κ2) is 10.2. The highest BCUT2D eigenvalue weighted by molar-refractivity contribution is 5.61. The highest BCUT2D eigenvalue weighted by Crippen LogP contribution is 2.32. The van der Waals surface area contributed by atoms with Crippen molar-refractivity contribution in [2.75, 3.05) is 38.0 Å². The van der Waals surface area contributed by atoms with Gasteiger partial charge in [-0.1, -0.05) is 6.07 Å². The molecule has 0 N–H and O–H groups in total. The van der Waals surface area contributed by atoms with E-state index in [-0.39, 0.29) is 0 Å². The fourth-order valence-electron chi connectivity index (χ4n) is 2.96. The van der Waals surface area contributed by atoms with Gasteiger partial charge in [0.15, 0.2) is 0 Å². The Bertz CT molecular complexity index is 831. The number of nitrogens with zero attached hydrogens (tertiary/aromatic N) is 2. The molecule has 0 aromatic heterocycles. The minimum absolute atomic E-state index is 0.972. The van der Waals surface area contributed by atoms with E-state index in [0.29, 0.717) is 0 Å². The molecule has 0 aliphatic carbocycles. The lowest BCUT2D eigenvalue weighted by Gasteiger charge is -2.17. The van der Waals surface area contributed by atoms with E-state index in [0.717, 1.165) is 6.92 Å². The molecule has 29 heavy (non-hydrogen) atoms. The van der Waals surface area contributed by atoms with Crippen LogP contribution in [0.1, 0.15) is 23.6 Å². The summed E-state index contributed by atoms with van der Waals surface area (Å²) >= 11 is 0. The van der Waals surface area contributed by atoms with Crippen molar-refractivity contribution in [1.29, 1.82) is 0 Å². The Hall–Kier alpha value is -3.40. The maximum Gasteiger partial charge on any atom is 0.0632 e. The first-order valence-electron chi connectivity index (χ1n) is 9.45. The zero-order chi connectivity index (χ0) is 21.4. The Morgan fingerprint density at radius 3 is 1.28 bits per heavy atom. The Morgan fingerprint density at radius 2 is 0.966 bits per heavy atom. The largest absolute Gasteiger partial charge is 0.550 e. The van der Waals surface area contributed by atoms with Gasteiger partial charge < -0.3 is 19.7 Å². The van der Waals surface area contributed by atoms with Gasteiger partial charge in [0.2, 0.25) is 0 Å². The molecule has 0 fully saturated rings. The van der Waals surface area contributed by atoms with Crippen LogP contribution in [0, 0.1) is 5.92 Å². The number of carboxylic acid groups (broad SMARTS) is 1. The molecule has 0 radical (unpaired) electrons. The third-order valence-electron chi connectivity index (χ3n) is 4.41. The van der Waals surface area contributed by atoms with Crippen LogP contribution in [0.5, 0.6) is 0 Å². The van der Waals surface area contributed by atoms with Crippen LogP contribution in [-0.2, 0) is 4.79 Å². The molecule has 0 unspecified atom stereocenters. The molecule has 3 aromatic carbocycles. The van der Waals surface area contributed by atoms with Gasteiger partial charge in [-0.2, -0.15) is 0 Å². The number of aliphatic carboxylic acids is 1. The van der Waals surface area contributed by atoms with E-state index >= 15 is 0 Å². The predicted octanol–water partition coefficient (Wildman–Crippen LogP) is 3.59. The number of rotatable bonds is 5. The Morgan fingerprint density at radius 1 is 0.655 bits per heavy atom. The topological polar surface area (TPSA) is 46.6 Å². The summed E-state index contributed by atoms with van der Waals surface area (Å²) in [6.07, 6.45) is 0. The molecule has 0 saturated carbocycles. The van der Waals surface area contributed by atoms with E-state index < -0.39 is 5.97 Å². The second-order valence-corrected chi connectivity index (χ2v) is 7.12. The lowest BCUT2D eigenvalue weighted by molar-refractivity contribution is -0.302. The lowest BCUT2D eigenvalue weighted by atomic mass is 9.85. The quantitative estimate of drug-likeness (QED) is 0.495. The fraction of sp³-hybridized carbons (Fsp3) is 0.200. The van der Waals surface area contributed by atoms with Crippen LogP contribution in [0.3, 0.4) is 0 Å². The molecule has 150 valence electrons. The summed E-state index contributed by atoms with van der Waals surface area (Å²) < 4.78 is 0. The van der Waals surface area contributed by atoms with Gasteiger partial charge in [-0.3, -0.25) is 0 Å². The number of carbonyl (C=O) groups excluding carboxylic acids is 1. The van der Waals surface area contributed by atoms with Crippen molar-refractivity contribution in [3.8, 4) is 0 Å². The molecular weight excluding hydrogens is 360 g/mol. The van der Waals surface area contributed by atoms with Gasteiger partial charge in [0.1, 0.15) is 0 Å². The smallest absolute Gasteiger partial charge is 0.0632 e. The van der Waals surface area contributed by atoms with Crippen molar-refractivity contribution < 1.29 is 9.90 Å². The SMILES string of the molecule is CC(=O)[O-].CN(C)c1ccc([C+](c2ccccc2)c2ccc(N(C)C)cc2)cc1. The molecule has 0 aliphatic heterocycles. The number of hydrogen-bond acceptors (Lipinski definition) is 4. The van der Waals surface area contributed by atoms with E-state index in [1.165, 1.54) is 34.0 Å². The molecule has 3 rings (SSSR count). The molecule has 0 amide bonds. The predicted molar refractivity (Wildman–Crippen MR) is 119 cm³/mol. The Kier molecular flexibility index (Phi) is 7.72. The maximum absolute atomic E-state index is 8.89. The minimum Gasteiger partial charge on any atom is -0.550 e. The molecule has 0 atom stereocenters. The van der Waals surface area contributed by atoms with Crippen molar-refractivity contribution >= 4 is 17.3 Å². The monoisotopic (exact) mass is 388 g/mol. The number of carbonyl (C=O) groups is 1. The van der Waals surface area contributed by atoms with Crippen molar-refractivity contribution in [1.82, 2.24) is 0 Å². The second-order valence-electron chi connectivity index (χ2n) is 7.12. The van der Waals surface area contributed by atoms with Crippen LogP contribution < -0.4 is 14.9 Å². The van der Waals surface area contributed by atoms with Crippen LogP contribution in [0.2, 0.25) is 0 Å². The molecule has 0 bridgehead atoms. The van der Waals surface area contributed by atoms with Crippen molar-refractivity contribution in [3.63, 3.8) is 0 Å². The van der Waals surface area contributed by atoms with E-state index in [1.807, 2.05) is 0 Å². The molecular formula is C25H28N2O2. The van der Waals surface area contributed by atoms with Crippen LogP contribution in [-0.4, -0.2) is 34.2 Å². The Labute approximate surface area is 174 Å². The summed E-state index contributed by atoms with van der Waals surface area (Å²) in [5.74, 6) is 0.177. The summed E-state index contributed by atoms with van der Waals surface area (Å²) in [5, 5.41) is 8.89. The Balaban J connectivity index is 0.000000687. The van der Waals surface area contributed by atoms with Crippen molar-refractivity contribution in [2.24, 2.45) is 0 Å². The molecule has 4 nitrogen and oxygen atoms in total. The van der Waals surface area contributed by atoms with Gasteiger partial charge in [-0.25, -0.2) is 0 Å². The summed E-state index contributed by atoms with van der Waals surface area (Å²) in [6.45, 7) is 0.972. The first-order valence-corrected chi connectivity index (χ1v) is 9.45. The standard InChI is InChI=1S/C23H25N2.C2H4O2/c1-24(2)21-14-10-19(11-15-21)23(18-8-6-5-7-9-18)20-12-16-22(17-13-20)25(3)4;1-2(3)4/h5-17H,1-4H3;1H3,(H,3,4)/q+1;/p-1. The molecule has 0 aliphatic rings. The van der Waals surface area contributed by atoms with Gasteiger partial charge in [0.05, 0.1) is 22.6 Å². The summed E-state index contributed by atoms with van der Waals surface area (Å²) in [7, 11) is 8.27. The molecule has 0 spiro atoms. The molecule has 0 heterocycles. The lowest BCUT2D eigenvalue weighted by Crippen LogP contribution is -2.16.